The van der Waals surface area contributed by atoms with Crippen LogP contribution in [-0.4, -0.2) is 12.3 Å². The molecule has 0 aromatic heterocycles. The van der Waals surface area contributed by atoms with E-state index in [1.165, 1.54) is 76.9 Å². The molecule has 2 nitrogen and oxygen atoms in total. The van der Waals surface area contributed by atoms with Crippen LogP contribution in [0.3, 0.4) is 0 Å². The van der Waals surface area contributed by atoms with Crippen molar-refractivity contribution in [2.45, 2.75) is 18.9 Å². The van der Waals surface area contributed by atoms with E-state index in [-0.39, 0.29) is 12.0 Å². The van der Waals surface area contributed by atoms with E-state index in [9.17, 15) is 0 Å². The second-order valence-electron chi connectivity index (χ2n) is 11.8. The molecule has 0 bridgehead atoms. The van der Waals surface area contributed by atoms with E-state index in [1.54, 1.807) is 6.21 Å². The summed E-state index contributed by atoms with van der Waals surface area (Å²) < 4.78 is 0. The molecule has 2 atom stereocenters. The number of nitrogens with one attached hydrogen (secondary N) is 1. The van der Waals surface area contributed by atoms with E-state index in [2.05, 4.69) is 139 Å². The Labute approximate surface area is 245 Å². The van der Waals surface area contributed by atoms with Crippen LogP contribution in [0.15, 0.2) is 127 Å². The molecule has 0 fully saturated rings. The molecule has 1 aliphatic heterocycles. The summed E-state index contributed by atoms with van der Waals surface area (Å²) in [6.45, 7) is 2.24. The van der Waals surface area contributed by atoms with Crippen molar-refractivity contribution in [2.75, 3.05) is 4.90 Å². The fourth-order valence-electron chi connectivity index (χ4n) is 7.53. The molecule has 42 heavy (non-hydrogen) atoms. The zero-order chi connectivity index (χ0) is 27.9. The maximum atomic E-state index is 8.39. The topological polar surface area (TPSA) is 27.1 Å². The highest BCUT2D eigenvalue weighted by Gasteiger charge is 2.36. The van der Waals surface area contributed by atoms with Gasteiger partial charge in [0.05, 0.1) is 11.7 Å². The van der Waals surface area contributed by atoms with Gasteiger partial charge in [-0.2, -0.15) is 0 Å². The van der Waals surface area contributed by atoms with Crippen LogP contribution in [0.25, 0.3) is 65.7 Å². The van der Waals surface area contributed by atoms with Gasteiger partial charge in [0.15, 0.2) is 0 Å². The van der Waals surface area contributed by atoms with Crippen LogP contribution >= 0.6 is 0 Å². The van der Waals surface area contributed by atoms with Crippen LogP contribution in [0.1, 0.15) is 18.4 Å². The first-order valence-electron chi connectivity index (χ1n) is 14.7. The molecule has 0 saturated carbocycles. The number of rotatable bonds is 3. The minimum atomic E-state index is -0.0235. The van der Waals surface area contributed by atoms with E-state index >= 15 is 0 Å². The molecular formula is C40H28N2. The molecule has 9 rings (SSSR count). The standard InChI is InChI=1S/C40H28N2/c1-24-32-18-17-25-7-2-3-12-33(25)40(32)42(38(24)23-41)31-11-4-10-27(20-31)28-15-16-29-21-36-34-13-5-8-26-9-6-14-35(39(26)34)37(36)22-30(29)19-28/h2-24,38,41H,1H3. The lowest BCUT2D eigenvalue weighted by Gasteiger charge is -2.28. The average Bonchev–Trinajstić information content (AvgIpc) is 3.52. The van der Waals surface area contributed by atoms with Crippen molar-refractivity contribution in [1.29, 1.82) is 5.41 Å². The van der Waals surface area contributed by atoms with Crippen LogP contribution in [0.4, 0.5) is 11.4 Å². The predicted octanol–water partition coefficient (Wildman–Crippen LogP) is 10.7. The van der Waals surface area contributed by atoms with Gasteiger partial charge in [-0.3, -0.25) is 0 Å². The van der Waals surface area contributed by atoms with Crippen molar-refractivity contribution in [3.63, 3.8) is 0 Å². The lowest BCUT2D eigenvalue weighted by molar-refractivity contribution is 0.734. The fourth-order valence-corrected chi connectivity index (χ4v) is 7.53. The van der Waals surface area contributed by atoms with Gasteiger partial charge in [0.1, 0.15) is 0 Å². The van der Waals surface area contributed by atoms with Crippen LogP contribution in [0.5, 0.6) is 0 Å². The summed E-state index contributed by atoms with van der Waals surface area (Å²) in [5, 5.41) is 16.0. The summed E-state index contributed by atoms with van der Waals surface area (Å²) in [6.07, 6.45) is 1.61. The Morgan fingerprint density at radius 1 is 0.571 bits per heavy atom. The monoisotopic (exact) mass is 536 g/mol. The molecule has 2 aliphatic rings. The first kappa shape index (κ1) is 23.5. The van der Waals surface area contributed by atoms with Gasteiger partial charge in [0.25, 0.3) is 0 Å². The summed E-state index contributed by atoms with van der Waals surface area (Å²) in [6, 6.07) is 46.8. The van der Waals surface area contributed by atoms with Crippen molar-refractivity contribution >= 4 is 49.9 Å². The third-order valence-electron chi connectivity index (χ3n) is 9.56. The Morgan fingerprint density at radius 2 is 1.26 bits per heavy atom. The summed E-state index contributed by atoms with van der Waals surface area (Å²) in [7, 11) is 0. The predicted molar refractivity (Wildman–Crippen MR) is 178 cm³/mol. The van der Waals surface area contributed by atoms with Crippen molar-refractivity contribution in [2.24, 2.45) is 0 Å². The molecule has 198 valence electrons. The van der Waals surface area contributed by atoms with Gasteiger partial charge in [-0.1, -0.05) is 104 Å². The molecule has 1 heterocycles. The van der Waals surface area contributed by atoms with Crippen LogP contribution < -0.4 is 4.90 Å². The Morgan fingerprint density at radius 3 is 2.07 bits per heavy atom. The molecule has 7 aromatic rings. The SMILES string of the molecule is CC1c2ccc3ccccc3c2N(c2cccc(-c3ccc4cc5c(cc4c3)-c3cccc4cccc-5c34)c2)C1C=N. The van der Waals surface area contributed by atoms with Crippen molar-refractivity contribution in [1.82, 2.24) is 0 Å². The highest BCUT2D eigenvalue weighted by molar-refractivity contribution is 6.17. The van der Waals surface area contributed by atoms with Crippen molar-refractivity contribution < 1.29 is 0 Å². The Balaban J connectivity index is 1.18. The van der Waals surface area contributed by atoms with E-state index in [4.69, 9.17) is 5.41 Å². The molecular weight excluding hydrogens is 508 g/mol. The van der Waals surface area contributed by atoms with Gasteiger partial charge in [-0.05, 0) is 96.2 Å². The number of fused-ring (bicyclic) bond motifs is 7. The van der Waals surface area contributed by atoms with Crippen LogP contribution in [0, 0.1) is 5.41 Å². The van der Waals surface area contributed by atoms with Gasteiger partial charge in [0, 0.05) is 23.2 Å². The maximum Gasteiger partial charge on any atom is 0.0753 e. The molecule has 0 saturated heterocycles. The van der Waals surface area contributed by atoms with Crippen LogP contribution in [0.2, 0.25) is 0 Å². The molecule has 0 radical (unpaired) electrons. The first-order chi connectivity index (χ1) is 20.7. The summed E-state index contributed by atoms with van der Waals surface area (Å²) in [4.78, 5) is 2.38. The quantitative estimate of drug-likeness (QED) is 0.223. The smallest absolute Gasteiger partial charge is 0.0753 e. The zero-order valence-electron chi connectivity index (χ0n) is 23.3. The van der Waals surface area contributed by atoms with E-state index in [0.717, 1.165) is 5.69 Å². The first-order valence-corrected chi connectivity index (χ1v) is 14.7. The molecule has 0 amide bonds. The number of anilines is 2. The number of hydrogen-bond donors (Lipinski definition) is 1. The number of nitrogens with zero attached hydrogens (tertiary/aromatic N) is 1. The summed E-state index contributed by atoms with van der Waals surface area (Å²) in [5.41, 5.74) is 11.4. The number of hydrogen-bond acceptors (Lipinski definition) is 2. The third kappa shape index (κ3) is 3.18. The second kappa shape index (κ2) is 8.64. The van der Waals surface area contributed by atoms with Gasteiger partial charge in [-0.15, -0.1) is 0 Å². The Bertz CT molecular complexity index is 2250. The minimum Gasteiger partial charge on any atom is -0.332 e. The Kier molecular flexibility index (Phi) is 4.83. The highest BCUT2D eigenvalue weighted by Crippen LogP contribution is 2.50. The average molecular weight is 537 g/mol. The Hall–Kier alpha value is -5.21. The second-order valence-corrected chi connectivity index (χ2v) is 11.8. The maximum absolute atomic E-state index is 8.39. The molecule has 2 heteroatoms. The van der Waals surface area contributed by atoms with Gasteiger partial charge >= 0.3 is 0 Å². The number of benzene rings is 7. The summed E-state index contributed by atoms with van der Waals surface area (Å²) >= 11 is 0. The van der Waals surface area contributed by atoms with Crippen molar-refractivity contribution in [3.05, 3.63) is 133 Å². The zero-order valence-corrected chi connectivity index (χ0v) is 23.3. The van der Waals surface area contributed by atoms with Gasteiger partial charge in [0.2, 0.25) is 0 Å². The van der Waals surface area contributed by atoms with E-state index in [1.807, 2.05) is 0 Å². The largest absolute Gasteiger partial charge is 0.332 e. The fraction of sp³-hybridized carbons (Fsp3) is 0.0750. The van der Waals surface area contributed by atoms with Gasteiger partial charge in [-0.25, -0.2) is 0 Å². The molecule has 0 spiro atoms. The van der Waals surface area contributed by atoms with E-state index < -0.39 is 0 Å². The minimum absolute atomic E-state index is 0.0235. The lowest BCUT2D eigenvalue weighted by atomic mass is 9.95. The van der Waals surface area contributed by atoms with Crippen LogP contribution in [-0.2, 0) is 0 Å². The molecule has 1 N–H and O–H groups in total. The molecule has 7 aromatic carbocycles. The van der Waals surface area contributed by atoms with E-state index in [0.29, 0.717) is 0 Å². The summed E-state index contributed by atoms with van der Waals surface area (Å²) in [5.74, 6) is 0.238. The third-order valence-corrected chi connectivity index (χ3v) is 9.56. The normalized spacial score (nSPS) is 16.7. The highest BCUT2D eigenvalue weighted by atomic mass is 15.2. The molecule has 1 aliphatic carbocycles. The lowest BCUT2D eigenvalue weighted by Crippen LogP contribution is -2.30. The van der Waals surface area contributed by atoms with Gasteiger partial charge < -0.3 is 10.3 Å². The molecule has 2 unspecified atom stereocenters. The van der Waals surface area contributed by atoms with Crippen molar-refractivity contribution in [3.8, 4) is 33.4 Å².